The first-order chi connectivity index (χ1) is 8.73. The second-order valence-corrected chi connectivity index (χ2v) is 5.21. The molecular weight excluding hydrogens is 232 g/mol. The number of aliphatic carboxylic acids is 1. The van der Waals surface area contributed by atoms with Crippen LogP contribution in [0.5, 0.6) is 0 Å². The predicted molar refractivity (Wildman–Crippen MR) is 64.1 cm³/mol. The van der Waals surface area contributed by atoms with E-state index in [9.17, 15) is 9.90 Å². The summed E-state index contributed by atoms with van der Waals surface area (Å²) in [6.07, 6.45) is 0.641. The van der Waals surface area contributed by atoms with Gasteiger partial charge in [-0.05, 0) is 12.0 Å². The van der Waals surface area contributed by atoms with Crippen LogP contribution >= 0.6 is 0 Å². The summed E-state index contributed by atoms with van der Waals surface area (Å²) < 4.78 is 10.8. The van der Waals surface area contributed by atoms with Crippen LogP contribution in [0, 0.1) is 11.3 Å². The molecule has 1 saturated carbocycles. The van der Waals surface area contributed by atoms with Gasteiger partial charge in [0.2, 0.25) is 0 Å². The van der Waals surface area contributed by atoms with Crippen LogP contribution in [0.25, 0.3) is 0 Å². The van der Waals surface area contributed by atoms with Crippen LogP contribution in [0.4, 0.5) is 0 Å². The average molecular weight is 248 g/mol. The first-order valence-corrected chi connectivity index (χ1v) is 6.16. The molecule has 4 heteroatoms. The Labute approximate surface area is 106 Å². The number of ether oxygens (including phenoxy) is 2. The lowest BCUT2D eigenvalue weighted by Gasteiger charge is -2.54. The number of carboxylic acid groups (broad SMARTS) is 1. The van der Waals surface area contributed by atoms with Crippen LogP contribution in [-0.4, -0.2) is 31.1 Å². The van der Waals surface area contributed by atoms with Crippen molar-refractivity contribution < 1.29 is 19.4 Å². The fourth-order valence-corrected chi connectivity index (χ4v) is 3.31. The van der Waals surface area contributed by atoms with Gasteiger partial charge in [0.05, 0.1) is 19.1 Å². The Bertz CT molecular complexity index is 436. The Morgan fingerprint density at radius 2 is 1.89 bits per heavy atom. The summed E-state index contributed by atoms with van der Waals surface area (Å²) >= 11 is 0. The van der Waals surface area contributed by atoms with Crippen LogP contribution in [0.3, 0.4) is 0 Å². The maximum atomic E-state index is 11.3. The van der Waals surface area contributed by atoms with E-state index in [-0.39, 0.29) is 17.3 Å². The van der Waals surface area contributed by atoms with Crippen LogP contribution in [-0.2, 0) is 14.3 Å². The molecule has 18 heavy (non-hydrogen) atoms. The van der Waals surface area contributed by atoms with Crippen molar-refractivity contribution in [2.45, 2.75) is 12.3 Å². The van der Waals surface area contributed by atoms with Gasteiger partial charge in [0, 0.05) is 11.3 Å². The van der Waals surface area contributed by atoms with Crippen LogP contribution in [0.15, 0.2) is 30.3 Å². The predicted octanol–water partition coefficient (Wildman–Crippen LogP) is 1.87. The van der Waals surface area contributed by atoms with E-state index in [4.69, 9.17) is 9.47 Å². The van der Waals surface area contributed by atoms with Crippen molar-refractivity contribution in [1.29, 1.82) is 0 Å². The second-order valence-electron chi connectivity index (χ2n) is 5.21. The Balaban J connectivity index is 1.91. The molecule has 0 radical (unpaired) electrons. The molecule has 1 aliphatic carbocycles. The van der Waals surface area contributed by atoms with Gasteiger partial charge in [-0.2, -0.15) is 0 Å². The van der Waals surface area contributed by atoms with E-state index in [1.54, 1.807) is 0 Å². The summed E-state index contributed by atoms with van der Waals surface area (Å²) in [6, 6.07) is 9.83. The third-order valence-electron chi connectivity index (χ3n) is 4.11. The molecule has 1 spiro atoms. The molecular formula is C14H16O4. The summed E-state index contributed by atoms with van der Waals surface area (Å²) in [7, 11) is 0. The lowest BCUT2D eigenvalue weighted by molar-refractivity contribution is -0.215. The van der Waals surface area contributed by atoms with Gasteiger partial charge in [-0.1, -0.05) is 30.3 Å². The maximum absolute atomic E-state index is 11.3. The molecule has 4 nitrogen and oxygen atoms in total. The van der Waals surface area contributed by atoms with E-state index in [0.717, 1.165) is 5.56 Å². The lowest BCUT2D eigenvalue weighted by Crippen LogP contribution is -2.56. The number of benzene rings is 1. The highest BCUT2D eigenvalue weighted by molar-refractivity contribution is 5.73. The Morgan fingerprint density at radius 3 is 2.50 bits per heavy atom. The average Bonchev–Trinajstić information content (AvgIpc) is 2.38. The largest absolute Gasteiger partial charge is 0.481 e. The first-order valence-electron chi connectivity index (χ1n) is 6.16. The van der Waals surface area contributed by atoms with Gasteiger partial charge in [0.15, 0.2) is 0 Å². The molecule has 1 aromatic carbocycles. The number of carbonyl (C=O) groups is 1. The fraction of sp³-hybridized carbons (Fsp3) is 0.500. The highest BCUT2D eigenvalue weighted by atomic mass is 16.7. The highest BCUT2D eigenvalue weighted by Crippen LogP contribution is 2.58. The van der Waals surface area contributed by atoms with E-state index in [0.29, 0.717) is 26.4 Å². The Kier molecular flexibility index (Phi) is 2.84. The van der Waals surface area contributed by atoms with Crippen molar-refractivity contribution >= 4 is 5.97 Å². The Hall–Kier alpha value is -1.39. The molecule has 2 atom stereocenters. The number of rotatable bonds is 2. The molecule has 2 unspecified atom stereocenters. The SMILES string of the molecule is O=C(O)C1CC2(COCOC2)C1c1ccccc1. The monoisotopic (exact) mass is 248 g/mol. The quantitative estimate of drug-likeness (QED) is 0.868. The van der Waals surface area contributed by atoms with Gasteiger partial charge < -0.3 is 14.6 Å². The van der Waals surface area contributed by atoms with Gasteiger partial charge in [-0.3, -0.25) is 4.79 Å². The minimum absolute atomic E-state index is 0.00324. The Morgan fingerprint density at radius 1 is 1.22 bits per heavy atom. The van der Waals surface area contributed by atoms with Crippen molar-refractivity contribution in [2.24, 2.45) is 11.3 Å². The van der Waals surface area contributed by atoms with Crippen molar-refractivity contribution in [3.8, 4) is 0 Å². The summed E-state index contributed by atoms with van der Waals surface area (Å²) in [6.45, 7) is 1.51. The van der Waals surface area contributed by atoms with E-state index >= 15 is 0 Å². The molecule has 1 aromatic rings. The molecule has 1 aliphatic heterocycles. The summed E-state index contributed by atoms with van der Waals surface area (Å²) in [4.78, 5) is 11.3. The van der Waals surface area contributed by atoms with Gasteiger partial charge in [0.1, 0.15) is 6.79 Å². The second kappa shape index (κ2) is 4.37. The van der Waals surface area contributed by atoms with E-state index in [1.807, 2.05) is 30.3 Å². The van der Waals surface area contributed by atoms with Crippen molar-refractivity contribution in [1.82, 2.24) is 0 Å². The van der Waals surface area contributed by atoms with Gasteiger partial charge in [0.25, 0.3) is 0 Å². The van der Waals surface area contributed by atoms with Crippen LogP contribution in [0.1, 0.15) is 17.9 Å². The first kappa shape index (κ1) is 11.7. The van der Waals surface area contributed by atoms with Crippen molar-refractivity contribution in [3.63, 3.8) is 0 Å². The zero-order chi connectivity index (χ0) is 12.6. The minimum Gasteiger partial charge on any atom is -0.481 e. The molecule has 1 heterocycles. The zero-order valence-corrected chi connectivity index (χ0v) is 10.0. The molecule has 0 bridgehead atoms. The highest BCUT2D eigenvalue weighted by Gasteiger charge is 2.58. The lowest BCUT2D eigenvalue weighted by atomic mass is 9.52. The van der Waals surface area contributed by atoms with Crippen molar-refractivity contribution in [3.05, 3.63) is 35.9 Å². The summed E-state index contributed by atoms with van der Waals surface area (Å²) in [5, 5.41) is 9.30. The molecule has 0 amide bonds. The third kappa shape index (κ3) is 1.72. The van der Waals surface area contributed by atoms with Crippen molar-refractivity contribution in [2.75, 3.05) is 20.0 Å². The topological polar surface area (TPSA) is 55.8 Å². The number of hydrogen-bond acceptors (Lipinski definition) is 3. The third-order valence-corrected chi connectivity index (χ3v) is 4.11. The molecule has 1 saturated heterocycles. The van der Waals surface area contributed by atoms with E-state index in [1.165, 1.54) is 0 Å². The van der Waals surface area contributed by atoms with E-state index < -0.39 is 5.97 Å². The minimum atomic E-state index is -0.722. The van der Waals surface area contributed by atoms with Crippen LogP contribution in [0.2, 0.25) is 0 Å². The van der Waals surface area contributed by atoms with Gasteiger partial charge in [-0.15, -0.1) is 0 Å². The summed E-state index contributed by atoms with van der Waals surface area (Å²) in [5.41, 5.74) is 0.924. The molecule has 2 fully saturated rings. The molecule has 96 valence electrons. The fourth-order valence-electron chi connectivity index (χ4n) is 3.31. The smallest absolute Gasteiger partial charge is 0.307 e. The van der Waals surface area contributed by atoms with Gasteiger partial charge in [-0.25, -0.2) is 0 Å². The number of carboxylic acids is 1. The normalized spacial score (nSPS) is 29.8. The number of hydrogen-bond donors (Lipinski definition) is 1. The van der Waals surface area contributed by atoms with E-state index in [2.05, 4.69) is 0 Å². The molecule has 1 N–H and O–H groups in total. The van der Waals surface area contributed by atoms with Gasteiger partial charge >= 0.3 is 5.97 Å². The summed E-state index contributed by atoms with van der Waals surface area (Å²) in [5.74, 6) is -1.05. The zero-order valence-electron chi connectivity index (χ0n) is 10.0. The molecule has 2 aliphatic rings. The molecule has 3 rings (SSSR count). The standard InChI is InChI=1S/C14H16O4/c15-13(16)11-6-14(7-17-9-18-8-14)12(11)10-4-2-1-3-5-10/h1-5,11-12H,6-9H2,(H,15,16). The maximum Gasteiger partial charge on any atom is 0.307 e. The molecule has 0 aromatic heterocycles. The van der Waals surface area contributed by atoms with Crippen LogP contribution < -0.4 is 0 Å².